The topological polar surface area (TPSA) is 12.0 Å². The van der Waals surface area contributed by atoms with E-state index in [1.54, 1.807) is 0 Å². The molecule has 64 valence electrons. The Morgan fingerprint density at radius 3 is 2.91 bits per heavy atom. The molecular formula is C10H19N. The van der Waals surface area contributed by atoms with Gasteiger partial charge in [0.05, 0.1) is 0 Å². The third-order valence-corrected chi connectivity index (χ3v) is 3.79. The zero-order valence-corrected chi connectivity index (χ0v) is 7.53. The number of nitrogens with one attached hydrogen (secondary N) is 1. The molecule has 1 saturated carbocycles. The highest BCUT2D eigenvalue weighted by atomic mass is 15.0. The zero-order chi connectivity index (χ0) is 7.73. The highest BCUT2D eigenvalue weighted by Gasteiger charge is 2.42. The quantitative estimate of drug-likeness (QED) is 0.609. The van der Waals surface area contributed by atoms with E-state index in [2.05, 4.69) is 12.2 Å². The van der Waals surface area contributed by atoms with E-state index < -0.39 is 0 Å². The van der Waals surface area contributed by atoms with E-state index in [1.807, 2.05) is 0 Å². The van der Waals surface area contributed by atoms with Crippen molar-refractivity contribution in [3.63, 3.8) is 0 Å². The first-order chi connectivity index (χ1) is 5.37. The average Bonchev–Trinajstić information content (AvgIpc) is 2.48. The Morgan fingerprint density at radius 1 is 1.36 bits per heavy atom. The summed E-state index contributed by atoms with van der Waals surface area (Å²) in [5.41, 5.74) is 0.582. The van der Waals surface area contributed by atoms with Crippen LogP contribution in [0.5, 0.6) is 0 Å². The Bertz CT molecular complexity index is 144. The maximum Gasteiger partial charge on any atom is 0.0207 e. The fourth-order valence-corrected chi connectivity index (χ4v) is 3.07. The van der Waals surface area contributed by atoms with Crippen LogP contribution in [0.3, 0.4) is 0 Å². The van der Waals surface area contributed by atoms with Gasteiger partial charge < -0.3 is 5.32 Å². The lowest BCUT2D eigenvalue weighted by Gasteiger charge is -2.40. The van der Waals surface area contributed by atoms with Crippen molar-refractivity contribution < 1.29 is 0 Å². The van der Waals surface area contributed by atoms with E-state index in [-0.39, 0.29) is 0 Å². The van der Waals surface area contributed by atoms with Crippen LogP contribution in [0.15, 0.2) is 0 Å². The Hall–Kier alpha value is -0.0400. The molecule has 2 rings (SSSR count). The number of rotatable bonds is 1. The van der Waals surface area contributed by atoms with Crippen molar-refractivity contribution in [1.82, 2.24) is 5.32 Å². The van der Waals surface area contributed by atoms with Crippen molar-refractivity contribution >= 4 is 0 Å². The predicted octanol–water partition coefficient (Wildman–Crippen LogP) is 2.32. The molecule has 2 fully saturated rings. The average molecular weight is 153 g/mol. The molecule has 0 aromatic heterocycles. The van der Waals surface area contributed by atoms with Crippen LogP contribution in [0.4, 0.5) is 0 Å². The summed E-state index contributed by atoms with van der Waals surface area (Å²) in [7, 11) is 0. The minimum atomic E-state index is 0.582. The van der Waals surface area contributed by atoms with Gasteiger partial charge in [-0.1, -0.05) is 13.3 Å². The normalized spacial score (nSPS) is 43.9. The summed E-state index contributed by atoms with van der Waals surface area (Å²) in [6, 6.07) is 0. The first kappa shape index (κ1) is 7.60. The number of hydrogen-bond acceptors (Lipinski definition) is 1. The Kier molecular flexibility index (Phi) is 1.92. The van der Waals surface area contributed by atoms with E-state index in [0.717, 1.165) is 5.92 Å². The third kappa shape index (κ3) is 1.10. The summed E-state index contributed by atoms with van der Waals surface area (Å²) in [6.45, 7) is 3.61. The van der Waals surface area contributed by atoms with Crippen LogP contribution in [-0.2, 0) is 0 Å². The van der Waals surface area contributed by atoms with Gasteiger partial charge in [0, 0.05) is 5.54 Å². The molecule has 0 aromatic carbocycles. The highest BCUT2D eigenvalue weighted by molar-refractivity contribution is 5.00. The maximum atomic E-state index is 3.74. The van der Waals surface area contributed by atoms with Gasteiger partial charge in [-0.3, -0.25) is 0 Å². The van der Waals surface area contributed by atoms with Crippen molar-refractivity contribution in [2.75, 3.05) is 6.54 Å². The molecule has 2 atom stereocenters. The van der Waals surface area contributed by atoms with E-state index in [9.17, 15) is 0 Å². The van der Waals surface area contributed by atoms with Gasteiger partial charge >= 0.3 is 0 Å². The summed E-state index contributed by atoms with van der Waals surface area (Å²) >= 11 is 0. The Morgan fingerprint density at radius 2 is 2.18 bits per heavy atom. The van der Waals surface area contributed by atoms with E-state index >= 15 is 0 Å². The van der Waals surface area contributed by atoms with Crippen LogP contribution < -0.4 is 5.32 Å². The zero-order valence-electron chi connectivity index (χ0n) is 7.53. The molecule has 2 aliphatic rings. The van der Waals surface area contributed by atoms with Gasteiger partial charge in [-0.15, -0.1) is 0 Å². The summed E-state index contributed by atoms with van der Waals surface area (Å²) < 4.78 is 0. The monoisotopic (exact) mass is 153 g/mol. The van der Waals surface area contributed by atoms with Crippen molar-refractivity contribution in [2.45, 2.75) is 51.0 Å². The van der Waals surface area contributed by atoms with Gasteiger partial charge in [0.15, 0.2) is 0 Å². The SMILES string of the molecule is CCC12CCCC1CCCN2. The fourth-order valence-electron chi connectivity index (χ4n) is 3.07. The van der Waals surface area contributed by atoms with Crippen LogP contribution in [0.1, 0.15) is 45.4 Å². The maximum absolute atomic E-state index is 3.74. The highest BCUT2D eigenvalue weighted by Crippen LogP contribution is 2.42. The minimum Gasteiger partial charge on any atom is -0.311 e. The fraction of sp³-hybridized carbons (Fsp3) is 1.00. The van der Waals surface area contributed by atoms with Crippen LogP contribution in [0.2, 0.25) is 0 Å². The Balaban J connectivity index is 2.12. The summed E-state index contributed by atoms with van der Waals surface area (Å²) in [5, 5.41) is 3.74. The van der Waals surface area contributed by atoms with Crippen LogP contribution >= 0.6 is 0 Å². The second kappa shape index (κ2) is 2.78. The molecule has 0 amide bonds. The molecule has 1 N–H and O–H groups in total. The standard InChI is InChI=1S/C10H19N/c1-2-10-7-3-5-9(10)6-4-8-11-10/h9,11H,2-8H2,1H3. The Labute approximate surface area is 69.6 Å². The molecule has 11 heavy (non-hydrogen) atoms. The largest absolute Gasteiger partial charge is 0.311 e. The molecule has 1 aliphatic heterocycles. The van der Waals surface area contributed by atoms with Gasteiger partial charge in [0.25, 0.3) is 0 Å². The summed E-state index contributed by atoms with van der Waals surface area (Å²) in [5.74, 6) is 1.02. The van der Waals surface area contributed by atoms with Crippen molar-refractivity contribution in [3.05, 3.63) is 0 Å². The van der Waals surface area contributed by atoms with Crippen LogP contribution in [0.25, 0.3) is 0 Å². The molecule has 1 saturated heterocycles. The molecule has 0 radical (unpaired) electrons. The molecule has 1 aliphatic carbocycles. The van der Waals surface area contributed by atoms with Gasteiger partial charge in [-0.05, 0) is 44.6 Å². The molecule has 0 aromatic rings. The summed E-state index contributed by atoms with van der Waals surface area (Å²) in [4.78, 5) is 0. The van der Waals surface area contributed by atoms with Gasteiger partial charge in [0.1, 0.15) is 0 Å². The number of fused-ring (bicyclic) bond motifs is 1. The van der Waals surface area contributed by atoms with E-state index in [1.165, 1.54) is 45.1 Å². The lowest BCUT2D eigenvalue weighted by atomic mass is 9.79. The number of piperidine rings is 1. The lowest BCUT2D eigenvalue weighted by Crippen LogP contribution is -2.51. The summed E-state index contributed by atoms with van der Waals surface area (Å²) in [6.07, 6.45) is 8.63. The second-order valence-electron chi connectivity index (χ2n) is 4.17. The second-order valence-corrected chi connectivity index (χ2v) is 4.17. The van der Waals surface area contributed by atoms with Gasteiger partial charge in [-0.25, -0.2) is 0 Å². The van der Waals surface area contributed by atoms with Crippen LogP contribution in [-0.4, -0.2) is 12.1 Å². The van der Waals surface area contributed by atoms with Crippen molar-refractivity contribution in [3.8, 4) is 0 Å². The molecule has 2 unspecified atom stereocenters. The predicted molar refractivity (Wildman–Crippen MR) is 47.6 cm³/mol. The smallest absolute Gasteiger partial charge is 0.0207 e. The van der Waals surface area contributed by atoms with E-state index in [0.29, 0.717) is 5.54 Å². The van der Waals surface area contributed by atoms with Gasteiger partial charge in [0.2, 0.25) is 0 Å². The van der Waals surface area contributed by atoms with Gasteiger partial charge in [-0.2, -0.15) is 0 Å². The molecule has 0 spiro atoms. The van der Waals surface area contributed by atoms with E-state index in [4.69, 9.17) is 0 Å². The lowest BCUT2D eigenvalue weighted by molar-refractivity contribution is 0.184. The third-order valence-electron chi connectivity index (χ3n) is 3.79. The first-order valence-electron chi connectivity index (χ1n) is 5.12. The molecular weight excluding hydrogens is 134 g/mol. The minimum absolute atomic E-state index is 0.582. The first-order valence-corrected chi connectivity index (χ1v) is 5.12. The molecule has 0 bridgehead atoms. The molecule has 1 nitrogen and oxygen atoms in total. The van der Waals surface area contributed by atoms with Crippen molar-refractivity contribution in [2.24, 2.45) is 5.92 Å². The van der Waals surface area contributed by atoms with Crippen molar-refractivity contribution in [1.29, 1.82) is 0 Å². The van der Waals surface area contributed by atoms with Crippen LogP contribution in [0, 0.1) is 5.92 Å². The molecule has 1 heterocycles. The molecule has 1 heteroatoms. The number of hydrogen-bond donors (Lipinski definition) is 1.